The van der Waals surface area contributed by atoms with Crippen LogP contribution in [0, 0.1) is 0 Å². The average Bonchev–Trinajstić information content (AvgIpc) is 2.82. The molecule has 0 radical (unpaired) electrons. The van der Waals surface area contributed by atoms with Gasteiger partial charge in [0.05, 0.1) is 11.4 Å². The lowest BCUT2D eigenvalue weighted by Crippen LogP contribution is -2.37. The van der Waals surface area contributed by atoms with Crippen molar-refractivity contribution in [1.82, 2.24) is 19.6 Å². The molecule has 0 bridgehead atoms. The zero-order valence-electron chi connectivity index (χ0n) is 16.0. The van der Waals surface area contributed by atoms with Crippen LogP contribution in [-0.2, 0) is 7.05 Å². The van der Waals surface area contributed by atoms with Crippen molar-refractivity contribution >= 4 is 11.7 Å². The number of likely N-dealkylation sites (tertiary alicyclic amines) is 1. The Labute approximate surface area is 151 Å². The molecule has 25 heavy (non-hydrogen) atoms. The molecule has 1 aliphatic carbocycles. The Morgan fingerprint density at radius 1 is 1.12 bits per heavy atom. The number of carbonyl (C=O) groups excluding carboxylic acids is 1. The molecule has 1 aromatic heterocycles. The maximum absolute atomic E-state index is 12.8. The number of aryl methyl sites for hydroxylation is 1. The monoisotopic (exact) mass is 347 g/mol. The van der Waals surface area contributed by atoms with Gasteiger partial charge in [0.25, 0.3) is 0 Å². The van der Waals surface area contributed by atoms with Gasteiger partial charge in [0.2, 0.25) is 0 Å². The van der Waals surface area contributed by atoms with Crippen LogP contribution in [0.15, 0.2) is 6.20 Å². The molecule has 0 spiro atoms. The fourth-order valence-corrected chi connectivity index (χ4v) is 4.27. The van der Waals surface area contributed by atoms with Crippen LogP contribution in [0.25, 0.3) is 0 Å². The molecule has 1 saturated carbocycles. The molecule has 2 aliphatic rings. The zero-order valence-corrected chi connectivity index (χ0v) is 16.0. The normalized spacial score (nSPS) is 22.9. The van der Waals surface area contributed by atoms with Gasteiger partial charge in [0, 0.05) is 38.3 Å². The Morgan fingerprint density at radius 2 is 1.88 bits per heavy atom. The minimum absolute atomic E-state index is 0.0319. The summed E-state index contributed by atoms with van der Waals surface area (Å²) >= 11 is 0. The second-order valence-corrected chi connectivity index (χ2v) is 7.90. The highest BCUT2D eigenvalue weighted by Crippen LogP contribution is 2.35. The Morgan fingerprint density at radius 3 is 2.60 bits per heavy atom. The third-order valence-corrected chi connectivity index (χ3v) is 5.81. The van der Waals surface area contributed by atoms with E-state index in [1.807, 2.05) is 22.8 Å². The summed E-state index contributed by atoms with van der Waals surface area (Å²) in [5.74, 6) is 0.493. The smallest absolute Gasteiger partial charge is 0.321 e. The summed E-state index contributed by atoms with van der Waals surface area (Å²) in [6.45, 7) is 1.67. The Balaban J connectivity index is 1.64. The van der Waals surface area contributed by atoms with Crippen LogP contribution in [0.4, 0.5) is 10.5 Å². The van der Waals surface area contributed by atoms with Gasteiger partial charge in [-0.15, -0.1) is 0 Å². The lowest BCUT2D eigenvalue weighted by atomic mass is 9.86. The van der Waals surface area contributed by atoms with Gasteiger partial charge < -0.3 is 15.1 Å². The zero-order chi connectivity index (χ0) is 17.8. The van der Waals surface area contributed by atoms with Crippen LogP contribution in [0.2, 0.25) is 0 Å². The van der Waals surface area contributed by atoms with Gasteiger partial charge in [-0.1, -0.05) is 19.3 Å². The Hall–Kier alpha value is -1.56. The van der Waals surface area contributed by atoms with Crippen LogP contribution in [-0.4, -0.2) is 58.8 Å². The first-order chi connectivity index (χ1) is 12.0. The first kappa shape index (κ1) is 18.2. The van der Waals surface area contributed by atoms with Crippen molar-refractivity contribution in [3.8, 4) is 0 Å². The largest absolute Gasteiger partial charge is 0.324 e. The van der Waals surface area contributed by atoms with Gasteiger partial charge in [0.1, 0.15) is 0 Å². The van der Waals surface area contributed by atoms with Crippen molar-refractivity contribution in [2.45, 2.75) is 63.3 Å². The first-order valence-corrected chi connectivity index (χ1v) is 9.80. The van der Waals surface area contributed by atoms with E-state index in [2.05, 4.69) is 29.4 Å². The van der Waals surface area contributed by atoms with Gasteiger partial charge in [-0.3, -0.25) is 4.68 Å². The van der Waals surface area contributed by atoms with E-state index in [0.29, 0.717) is 12.0 Å². The van der Waals surface area contributed by atoms with Crippen molar-refractivity contribution in [3.63, 3.8) is 0 Å². The number of nitrogens with zero attached hydrogens (tertiary/aromatic N) is 4. The molecule has 1 aliphatic heterocycles. The number of nitrogens with one attached hydrogen (secondary N) is 1. The number of aromatic nitrogens is 2. The summed E-state index contributed by atoms with van der Waals surface area (Å²) < 4.78 is 1.84. The summed E-state index contributed by atoms with van der Waals surface area (Å²) in [6, 6.07) is 0.610. The fraction of sp³-hybridized carbons (Fsp3) is 0.789. The molecule has 0 aromatic carbocycles. The molecule has 1 atom stereocenters. The van der Waals surface area contributed by atoms with Gasteiger partial charge >= 0.3 is 6.03 Å². The van der Waals surface area contributed by atoms with Crippen LogP contribution in [0.3, 0.4) is 0 Å². The molecule has 6 heteroatoms. The molecule has 6 nitrogen and oxygen atoms in total. The highest BCUT2D eigenvalue weighted by molar-refractivity contribution is 5.90. The number of carbonyl (C=O) groups is 1. The molecular formula is C19H33N5O. The molecule has 1 unspecified atom stereocenters. The number of hydrogen-bond acceptors (Lipinski definition) is 3. The topological polar surface area (TPSA) is 53.4 Å². The number of urea groups is 1. The minimum atomic E-state index is 0.0319. The molecule has 1 N–H and O–H groups in total. The third-order valence-electron chi connectivity index (χ3n) is 5.81. The van der Waals surface area contributed by atoms with Crippen molar-refractivity contribution in [2.75, 3.05) is 32.5 Å². The van der Waals surface area contributed by atoms with Crippen molar-refractivity contribution in [3.05, 3.63) is 11.9 Å². The Bertz CT molecular complexity index is 576. The van der Waals surface area contributed by atoms with Crippen LogP contribution in [0.1, 0.15) is 63.0 Å². The van der Waals surface area contributed by atoms with E-state index in [-0.39, 0.29) is 6.03 Å². The van der Waals surface area contributed by atoms with E-state index >= 15 is 0 Å². The summed E-state index contributed by atoms with van der Waals surface area (Å²) in [6.07, 6.45) is 11.5. The molecule has 2 amide bonds. The first-order valence-electron chi connectivity index (χ1n) is 9.80. The maximum atomic E-state index is 12.8. The molecule has 2 heterocycles. The second-order valence-electron chi connectivity index (χ2n) is 7.90. The summed E-state index contributed by atoms with van der Waals surface area (Å²) in [4.78, 5) is 17.1. The quantitative estimate of drug-likeness (QED) is 0.911. The SMILES string of the molecule is CN(C)C1CCCN(C(=O)Nc2cn(C)nc2C2CCCCC2)CC1. The number of anilines is 1. The molecule has 1 aromatic rings. The lowest BCUT2D eigenvalue weighted by molar-refractivity contribution is 0.210. The fourth-order valence-electron chi connectivity index (χ4n) is 4.27. The van der Waals surface area contributed by atoms with Crippen molar-refractivity contribution < 1.29 is 4.79 Å². The van der Waals surface area contributed by atoms with Crippen LogP contribution >= 0.6 is 0 Å². The summed E-state index contributed by atoms with van der Waals surface area (Å²) in [7, 11) is 6.20. The third kappa shape index (κ3) is 4.54. The van der Waals surface area contributed by atoms with Crippen LogP contribution < -0.4 is 5.32 Å². The van der Waals surface area contributed by atoms with E-state index in [1.165, 1.54) is 32.1 Å². The molecule has 140 valence electrons. The van der Waals surface area contributed by atoms with Gasteiger partial charge in [-0.2, -0.15) is 5.10 Å². The summed E-state index contributed by atoms with van der Waals surface area (Å²) in [5, 5.41) is 7.82. The highest BCUT2D eigenvalue weighted by atomic mass is 16.2. The predicted octanol–water partition coefficient (Wildman–Crippen LogP) is 3.42. The number of amides is 2. The maximum Gasteiger partial charge on any atom is 0.321 e. The minimum Gasteiger partial charge on any atom is -0.324 e. The van der Waals surface area contributed by atoms with Crippen molar-refractivity contribution in [2.24, 2.45) is 7.05 Å². The lowest BCUT2D eigenvalue weighted by Gasteiger charge is -2.24. The van der Waals surface area contributed by atoms with E-state index in [9.17, 15) is 4.79 Å². The predicted molar refractivity (Wildman–Crippen MR) is 101 cm³/mol. The highest BCUT2D eigenvalue weighted by Gasteiger charge is 2.25. The van der Waals surface area contributed by atoms with Crippen molar-refractivity contribution in [1.29, 1.82) is 0 Å². The summed E-state index contributed by atoms with van der Waals surface area (Å²) in [5.41, 5.74) is 1.99. The van der Waals surface area contributed by atoms with Gasteiger partial charge in [0.15, 0.2) is 0 Å². The van der Waals surface area contributed by atoms with E-state index < -0.39 is 0 Å². The van der Waals surface area contributed by atoms with Crippen LogP contribution in [0.5, 0.6) is 0 Å². The number of rotatable bonds is 3. The molecule has 2 fully saturated rings. The number of hydrogen-bond donors (Lipinski definition) is 1. The second kappa shape index (κ2) is 8.21. The molecular weight excluding hydrogens is 314 g/mol. The standard InChI is InChI=1S/C19H33N5O/c1-22(2)16-10-7-12-24(13-11-16)19(25)20-17-14-23(3)21-18(17)15-8-5-4-6-9-15/h14-16H,4-13H2,1-3H3,(H,20,25). The molecule has 3 rings (SSSR count). The van der Waals surface area contributed by atoms with E-state index in [4.69, 9.17) is 0 Å². The van der Waals surface area contributed by atoms with E-state index in [0.717, 1.165) is 43.7 Å². The Kier molecular flexibility index (Phi) is 5.99. The molecule has 1 saturated heterocycles. The van der Waals surface area contributed by atoms with Gasteiger partial charge in [-0.05, 0) is 46.2 Å². The average molecular weight is 348 g/mol. The van der Waals surface area contributed by atoms with E-state index in [1.54, 1.807) is 0 Å². The van der Waals surface area contributed by atoms with Gasteiger partial charge in [-0.25, -0.2) is 4.79 Å².